The monoisotopic (exact) mass is 274 g/mol. The molecule has 0 saturated heterocycles. The molecule has 0 N–H and O–H groups in total. The van der Waals surface area contributed by atoms with Gasteiger partial charge in [0, 0.05) is 18.8 Å². The van der Waals surface area contributed by atoms with Gasteiger partial charge < -0.3 is 9.30 Å². The van der Waals surface area contributed by atoms with Gasteiger partial charge in [-0.25, -0.2) is 9.36 Å². The molecule has 106 valence electrons. The summed E-state index contributed by atoms with van der Waals surface area (Å²) in [5.74, 6) is 0. The quantitative estimate of drug-likeness (QED) is 0.804. The summed E-state index contributed by atoms with van der Waals surface area (Å²) >= 11 is 0. The highest BCUT2D eigenvalue weighted by Crippen LogP contribution is 2.00. The van der Waals surface area contributed by atoms with Crippen LogP contribution < -0.4 is 11.2 Å². The molecule has 0 bridgehead atoms. The molecule has 2 rings (SSSR count). The molecule has 2 aromatic rings. The van der Waals surface area contributed by atoms with E-state index in [1.807, 2.05) is 37.3 Å². The lowest BCUT2D eigenvalue weighted by Gasteiger charge is -2.09. The predicted molar refractivity (Wildman–Crippen MR) is 76.5 cm³/mol. The summed E-state index contributed by atoms with van der Waals surface area (Å²) in [5.41, 5.74) is 0.341. The largest absolute Gasteiger partial charge is 0.356 e. The van der Waals surface area contributed by atoms with E-state index in [9.17, 15) is 9.59 Å². The molecule has 1 aromatic heterocycles. The predicted octanol–water partition coefficient (Wildman–Crippen LogP) is 1.59. The highest BCUT2D eigenvalue weighted by atomic mass is 16.5. The zero-order valence-electron chi connectivity index (χ0n) is 11.5. The topological polar surface area (TPSA) is 53.2 Å². The second kappa shape index (κ2) is 6.86. The van der Waals surface area contributed by atoms with Gasteiger partial charge in [0.1, 0.15) is 6.73 Å². The molecule has 0 fully saturated rings. The Morgan fingerprint density at radius 2 is 1.85 bits per heavy atom. The number of aromatic nitrogens is 2. The van der Waals surface area contributed by atoms with E-state index >= 15 is 0 Å². The second-order valence-corrected chi connectivity index (χ2v) is 4.52. The van der Waals surface area contributed by atoms with Crippen molar-refractivity contribution in [2.75, 3.05) is 0 Å². The lowest BCUT2D eigenvalue weighted by Crippen LogP contribution is -2.39. The van der Waals surface area contributed by atoms with Crippen molar-refractivity contribution in [3.63, 3.8) is 0 Å². The molecular formula is C15H18N2O3. The summed E-state index contributed by atoms with van der Waals surface area (Å²) in [7, 11) is 0. The molecule has 0 aliphatic heterocycles. The maximum Gasteiger partial charge on any atom is 0.332 e. The van der Waals surface area contributed by atoms with Crippen LogP contribution >= 0.6 is 0 Å². The van der Waals surface area contributed by atoms with Gasteiger partial charge in [-0.1, -0.05) is 37.3 Å². The van der Waals surface area contributed by atoms with Crippen molar-refractivity contribution in [1.82, 2.24) is 9.13 Å². The number of hydrogen-bond donors (Lipinski definition) is 0. The lowest BCUT2D eigenvalue weighted by atomic mass is 10.2. The Bertz CT molecular complexity index is 659. The van der Waals surface area contributed by atoms with Gasteiger partial charge in [0.05, 0.1) is 6.61 Å². The number of nitrogens with zero attached hydrogens (tertiary/aromatic N) is 2. The van der Waals surface area contributed by atoms with Crippen LogP contribution in [-0.4, -0.2) is 9.13 Å². The first-order valence-corrected chi connectivity index (χ1v) is 6.64. The fraction of sp³-hybridized carbons (Fsp3) is 0.333. The Balaban J connectivity index is 2.07. The van der Waals surface area contributed by atoms with Crippen LogP contribution in [0.2, 0.25) is 0 Å². The van der Waals surface area contributed by atoms with Gasteiger partial charge in [0.25, 0.3) is 5.56 Å². The zero-order valence-corrected chi connectivity index (χ0v) is 11.5. The number of ether oxygens (including phenoxy) is 1. The minimum Gasteiger partial charge on any atom is -0.356 e. The Morgan fingerprint density at radius 3 is 2.55 bits per heavy atom. The van der Waals surface area contributed by atoms with Gasteiger partial charge >= 0.3 is 5.69 Å². The smallest absolute Gasteiger partial charge is 0.332 e. The fourth-order valence-electron chi connectivity index (χ4n) is 1.92. The fourth-order valence-corrected chi connectivity index (χ4v) is 1.92. The van der Waals surface area contributed by atoms with E-state index in [-0.39, 0.29) is 18.0 Å². The van der Waals surface area contributed by atoms with E-state index in [4.69, 9.17) is 4.74 Å². The molecule has 0 spiro atoms. The molecule has 5 nitrogen and oxygen atoms in total. The Hall–Kier alpha value is -2.14. The van der Waals surface area contributed by atoms with Gasteiger partial charge in [0.2, 0.25) is 0 Å². The number of hydrogen-bond acceptors (Lipinski definition) is 3. The maximum absolute atomic E-state index is 12.1. The normalized spacial score (nSPS) is 10.7. The summed E-state index contributed by atoms with van der Waals surface area (Å²) in [5, 5.41) is 0. The van der Waals surface area contributed by atoms with E-state index in [1.54, 1.807) is 0 Å². The highest BCUT2D eigenvalue weighted by molar-refractivity contribution is 5.13. The standard InChI is InChI=1S/C15H18N2O3/c1-2-9-16-10-8-14(18)17(15(16)19)12-20-11-13-6-4-3-5-7-13/h3-8,10H,2,9,11-12H2,1H3. The molecule has 0 radical (unpaired) electrons. The third-order valence-corrected chi connectivity index (χ3v) is 2.94. The van der Waals surface area contributed by atoms with Gasteiger partial charge in [-0.15, -0.1) is 0 Å². The van der Waals surface area contributed by atoms with E-state index in [1.165, 1.54) is 16.8 Å². The highest BCUT2D eigenvalue weighted by Gasteiger charge is 2.04. The summed E-state index contributed by atoms with van der Waals surface area (Å²) in [6, 6.07) is 11.0. The third-order valence-electron chi connectivity index (χ3n) is 2.94. The van der Waals surface area contributed by atoms with Crippen LogP contribution in [0.5, 0.6) is 0 Å². The molecule has 1 heterocycles. The van der Waals surface area contributed by atoms with Gasteiger partial charge in [-0.3, -0.25) is 4.79 Å². The van der Waals surface area contributed by atoms with Crippen molar-refractivity contribution < 1.29 is 4.74 Å². The van der Waals surface area contributed by atoms with E-state index in [0.717, 1.165) is 16.6 Å². The van der Waals surface area contributed by atoms with Crippen molar-refractivity contribution >= 4 is 0 Å². The second-order valence-electron chi connectivity index (χ2n) is 4.52. The molecule has 0 unspecified atom stereocenters. The molecule has 5 heteroatoms. The van der Waals surface area contributed by atoms with Crippen molar-refractivity contribution in [1.29, 1.82) is 0 Å². The SMILES string of the molecule is CCCn1ccc(=O)n(COCc2ccccc2)c1=O. The molecule has 0 aliphatic rings. The minimum atomic E-state index is -0.338. The van der Waals surface area contributed by atoms with E-state index < -0.39 is 0 Å². The van der Waals surface area contributed by atoms with Gasteiger partial charge in [0.15, 0.2) is 0 Å². The summed E-state index contributed by atoms with van der Waals surface area (Å²) in [6.07, 6.45) is 2.37. The van der Waals surface area contributed by atoms with Crippen LogP contribution in [0.3, 0.4) is 0 Å². The van der Waals surface area contributed by atoms with Crippen molar-refractivity contribution in [2.45, 2.75) is 33.2 Å². The molecule has 0 atom stereocenters. The summed E-state index contributed by atoms with van der Waals surface area (Å²) in [6.45, 7) is 2.91. The number of rotatable bonds is 6. The summed E-state index contributed by atoms with van der Waals surface area (Å²) in [4.78, 5) is 23.8. The maximum atomic E-state index is 12.1. The molecular weight excluding hydrogens is 256 g/mol. The molecule has 0 saturated carbocycles. The van der Waals surface area contributed by atoms with E-state index in [0.29, 0.717) is 13.2 Å². The minimum absolute atomic E-state index is 0.0306. The van der Waals surface area contributed by atoms with Crippen LogP contribution in [0, 0.1) is 0 Å². The van der Waals surface area contributed by atoms with Crippen LogP contribution in [0.25, 0.3) is 0 Å². The van der Waals surface area contributed by atoms with Crippen LogP contribution in [0.1, 0.15) is 18.9 Å². The first-order chi connectivity index (χ1) is 9.72. The third kappa shape index (κ3) is 3.45. The Labute approximate surface area is 117 Å². The number of benzene rings is 1. The van der Waals surface area contributed by atoms with Gasteiger partial charge in [-0.05, 0) is 12.0 Å². The first kappa shape index (κ1) is 14.3. The molecule has 0 amide bonds. The van der Waals surface area contributed by atoms with Crippen LogP contribution in [0.4, 0.5) is 0 Å². The van der Waals surface area contributed by atoms with Gasteiger partial charge in [-0.2, -0.15) is 0 Å². The first-order valence-electron chi connectivity index (χ1n) is 6.64. The Kier molecular flexibility index (Phi) is 4.90. The Morgan fingerprint density at radius 1 is 1.10 bits per heavy atom. The van der Waals surface area contributed by atoms with Crippen molar-refractivity contribution in [3.05, 3.63) is 69.0 Å². The van der Waals surface area contributed by atoms with Crippen molar-refractivity contribution in [3.8, 4) is 0 Å². The van der Waals surface area contributed by atoms with Crippen LogP contribution in [0.15, 0.2) is 52.2 Å². The van der Waals surface area contributed by atoms with Crippen molar-refractivity contribution in [2.24, 2.45) is 0 Å². The number of aryl methyl sites for hydroxylation is 1. The van der Waals surface area contributed by atoms with E-state index in [2.05, 4.69) is 0 Å². The lowest BCUT2D eigenvalue weighted by molar-refractivity contribution is 0.0578. The molecule has 20 heavy (non-hydrogen) atoms. The zero-order chi connectivity index (χ0) is 14.4. The average Bonchev–Trinajstić information content (AvgIpc) is 2.47. The van der Waals surface area contributed by atoms with Crippen LogP contribution in [-0.2, 0) is 24.6 Å². The molecule has 0 aliphatic carbocycles. The molecule has 1 aromatic carbocycles. The average molecular weight is 274 g/mol. The summed E-state index contributed by atoms with van der Waals surface area (Å²) < 4.78 is 8.08.